The molecule has 1 saturated carbocycles. The number of aliphatic imine (C=N–C) groups is 1. The van der Waals surface area contributed by atoms with Gasteiger partial charge in [-0.25, -0.2) is 8.78 Å². The minimum absolute atomic E-state index is 0.148. The molecule has 1 fully saturated rings. The Balaban J connectivity index is 1.37. The Morgan fingerprint density at radius 3 is 2.58 bits per heavy atom. The van der Waals surface area contributed by atoms with Crippen molar-refractivity contribution < 1.29 is 13.6 Å². The highest BCUT2D eigenvalue weighted by Crippen LogP contribution is 2.69. The monoisotopic (exact) mass is 514 g/mol. The van der Waals surface area contributed by atoms with Crippen molar-refractivity contribution >= 4 is 17.3 Å². The highest BCUT2D eigenvalue weighted by molar-refractivity contribution is 5.90. The van der Waals surface area contributed by atoms with Crippen molar-refractivity contribution in [1.82, 2.24) is 20.5 Å². The smallest absolute Gasteiger partial charge is 0.217 e. The van der Waals surface area contributed by atoms with E-state index in [1.807, 2.05) is 30.5 Å². The number of hydrogen-bond acceptors (Lipinski definition) is 6. The van der Waals surface area contributed by atoms with Crippen molar-refractivity contribution in [2.45, 2.75) is 50.9 Å². The van der Waals surface area contributed by atoms with Crippen LogP contribution in [0, 0.1) is 17.0 Å². The number of nitrogens with zero attached hydrogens (tertiary/aromatic N) is 4. The Kier molecular flexibility index (Phi) is 5.63. The summed E-state index contributed by atoms with van der Waals surface area (Å²) in [5.41, 5.74) is 9.11. The van der Waals surface area contributed by atoms with Gasteiger partial charge >= 0.3 is 0 Å². The molecule has 3 N–H and O–H groups in total. The van der Waals surface area contributed by atoms with Crippen LogP contribution in [0.1, 0.15) is 68.1 Å². The Hall–Kier alpha value is -4.01. The summed E-state index contributed by atoms with van der Waals surface area (Å²) >= 11 is 0. The molecule has 0 radical (unpaired) electrons. The van der Waals surface area contributed by atoms with Gasteiger partial charge in [-0.15, -0.1) is 5.10 Å². The fraction of sp³-hybridized carbons (Fsp3) is 0.345. The van der Waals surface area contributed by atoms with Crippen LogP contribution < -0.4 is 11.1 Å². The number of fused-ring (bicyclic) bond motifs is 5. The van der Waals surface area contributed by atoms with Crippen LogP contribution in [0.2, 0.25) is 0 Å². The third-order valence-corrected chi connectivity index (χ3v) is 8.58. The molecule has 38 heavy (non-hydrogen) atoms. The third kappa shape index (κ3) is 3.55. The predicted octanol–water partition coefficient (Wildman–Crippen LogP) is 4.63. The van der Waals surface area contributed by atoms with Crippen molar-refractivity contribution in [3.05, 3.63) is 82.9 Å². The Bertz CT molecular complexity index is 1510. The number of aromatic nitrogens is 3. The number of pyridine rings is 1. The van der Waals surface area contributed by atoms with E-state index in [-0.39, 0.29) is 34.9 Å². The van der Waals surface area contributed by atoms with Crippen LogP contribution in [0.15, 0.2) is 53.7 Å². The lowest BCUT2D eigenvalue weighted by molar-refractivity contribution is -0.117. The van der Waals surface area contributed by atoms with E-state index >= 15 is 0 Å². The number of carbonyl (C=O) groups excluding carboxylic acids is 1. The number of carbonyl (C=O) groups is 1. The van der Waals surface area contributed by atoms with Crippen LogP contribution in [-0.2, 0) is 10.2 Å². The third-order valence-electron chi connectivity index (χ3n) is 8.58. The number of nitrogens with one attached hydrogen (secondary N) is 1. The SMILES string of the molecule is CC1(C)C2CC[C@]1(c1cccc(C3=CNC(CCC(N)=O)=NC3)n1)c1nnc(-c3c(F)cccc3F)cc12. The summed E-state index contributed by atoms with van der Waals surface area (Å²) in [5.74, 6) is -0.772. The lowest BCUT2D eigenvalue weighted by Crippen LogP contribution is -2.38. The molecular weight excluding hydrogens is 486 g/mol. The molecule has 1 aromatic carbocycles. The standard InChI is InChI=1S/C29H28F2N6O/c1-28(2)18-11-12-29(28,27-17(18)13-22(36-37-27)26-19(30)5-3-6-20(26)31)23-8-4-7-21(35-23)16-14-33-25(34-15-16)10-9-24(32)38/h3-8,13-14,18H,9-12,15H2,1-2H3,(H2,32,38)(H,33,34)/t18?,29-/m0/s1. The molecule has 194 valence electrons. The second-order valence-corrected chi connectivity index (χ2v) is 10.8. The number of rotatable bonds is 6. The fourth-order valence-electron chi connectivity index (χ4n) is 6.60. The number of nitrogens with two attached hydrogens (primary N) is 1. The molecule has 3 aliphatic rings. The zero-order valence-corrected chi connectivity index (χ0v) is 21.3. The van der Waals surface area contributed by atoms with E-state index in [1.54, 1.807) is 0 Å². The molecule has 0 spiro atoms. The molecule has 0 saturated heterocycles. The van der Waals surface area contributed by atoms with Gasteiger partial charge in [-0.3, -0.25) is 14.8 Å². The van der Waals surface area contributed by atoms with Crippen LogP contribution in [-0.4, -0.2) is 33.5 Å². The summed E-state index contributed by atoms with van der Waals surface area (Å²) in [5, 5.41) is 12.1. The molecule has 1 unspecified atom stereocenters. The van der Waals surface area contributed by atoms with Gasteiger partial charge in [-0.2, -0.15) is 5.10 Å². The fourth-order valence-corrected chi connectivity index (χ4v) is 6.60. The molecule has 6 rings (SSSR count). The maximum atomic E-state index is 14.5. The minimum Gasteiger partial charge on any atom is -0.370 e. The summed E-state index contributed by atoms with van der Waals surface area (Å²) < 4.78 is 29.1. The molecule has 3 aromatic rings. The Labute approximate surface area is 219 Å². The van der Waals surface area contributed by atoms with Gasteiger partial charge in [0.1, 0.15) is 17.5 Å². The van der Waals surface area contributed by atoms with E-state index in [0.29, 0.717) is 13.0 Å². The molecule has 7 nitrogen and oxygen atoms in total. The average molecular weight is 515 g/mol. The van der Waals surface area contributed by atoms with Gasteiger partial charge in [0.25, 0.3) is 0 Å². The van der Waals surface area contributed by atoms with E-state index in [9.17, 15) is 13.6 Å². The maximum Gasteiger partial charge on any atom is 0.217 e. The maximum absolute atomic E-state index is 14.5. The van der Waals surface area contributed by atoms with Crippen LogP contribution in [0.25, 0.3) is 16.8 Å². The number of benzene rings is 1. The van der Waals surface area contributed by atoms with Crippen molar-refractivity contribution in [2.24, 2.45) is 16.1 Å². The first kappa shape index (κ1) is 24.3. The Morgan fingerprint density at radius 1 is 1.11 bits per heavy atom. The molecular formula is C29H28F2N6O. The molecule has 2 aromatic heterocycles. The molecule has 2 aliphatic carbocycles. The van der Waals surface area contributed by atoms with Crippen LogP contribution in [0.4, 0.5) is 8.78 Å². The van der Waals surface area contributed by atoms with E-state index < -0.39 is 17.0 Å². The first-order valence-electron chi connectivity index (χ1n) is 12.8. The second-order valence-electron chi connectivity index (χ2n) is 10.8. The van der Waals surface area contributed by atoms with Crippen LogP contribution in [0.3, 0.4) is 0 Å². The van der Waals surface area contributed by atoms with E-state index in [1.165, 1.54) is 18.2 Å². The number of hydrogen-bond donors (Lipinski definition) is 2. The highest BCUT2D eigenvalue weighted by atomic mass is 19.1. The Morgan fingerprint density at radius 2 is 1.87 bits per heavy atom. The van der Waals surface area contributed by atoms with Gasteiger partial charge in [0.05, 0.1) is 40.3 Å². The van der Waals surface area contributed by atoms with E-state index in [2.05, 4.69) is 34.4 Å². The summed E-state index contributed by atoms with van der Waals surface area (Å²) in [4.78, 5) is 20.8. The van der Waals surface area contributed by atoms with Gasteiger partial charge in [-0.05, 0) is 60.1 Å². The normalized spacial score (nSPS) is 22.9. The molecule has 9 heteroatoms. The predicted molar refractivity (Wildman–Crippen MR) is 140 cm³/mol. The van der Waals surface area contributed by atoms with Crippen LogP contribution in [0.5, 0.6) is 0 Å². The largest absolute Gasteiger partial charge is 0.370 e. The lowest BCUT2D eigenvalue weighted by Gasteiger charge is -2.37. The van der Waals surface area contributed by atoms with Gasteiger partial charge < -0.3 is 11.1 Å². The van der Waals surface area contributed by atoms with Crippen molar-refractivity contribution in [3.63, 3.8) is 0 Å². The highest BCUT2D eigenvalue weighted by Gasteiger charge is 2.65. The summed E-state index contributed by atoms with van der Waals surface area (Å²) in [6.07, 6.45) is 4.39. The minimum atomic E-state index is -0.652. The zero-order chi connectivity index (χ0) is 26.7. The molecule has 1 amide bonds. The van der Waals surface area contributed by atoms with Crippen molar-refractivity contribution in [1.29, 1.82) is 0 Å². The number of amides is 1. The first-order valence-corrected chi connectivity index (χ1v) is 12.8. The molecule has 2 atom stereocenters. The number of primary amides is 1. The zero-order valence-electron chi connectivity index (χ0n) is 21.3. The second kappa shape index (κ2) is 8.79. The van der Waals surface area contributed by atoms with E-state index in [4.69, 9.17) is 10.7 Å². The summed E-state index contributed by atoms with van der Waals surface area (Å²) in [6.45, 7) is 4.89. The molecule has 3 heterocycles. The van der Waals surface area contributed by atoms with Crippen LogP contribution >= 0.6 is 0 Å². The van der Waals surface area contributed by atoms with Gasteiger partial charge in [0, 0.05) is 24.6 Å². The van der Waals surface area contributed by atoms with Crippen molar-refractivity contribution in [2.75, 3.05) is 6.54 Å². The number of halogens is 2. The van der Waals surface area contributed by atoms with E-state index in [0.717, 1.165) is 46.9 Å². The van der Waals surface area contributed by atoms with Gasteiger partial charge in [-0.1, -0.05) is 26.0 Å². The average Bonchev–Trinajstić information content (AvgIpc) is 3.28. The first-order chi connectivity index (χ1) is 18.2. The molecule has 1 aliphatic heterocycles. The number of amidine groups is 1. The molecule has 2 bridgehead atoms. The van der Waals surface area contributed by atoms with Gasteiger partial charge in [0.2, 0.25) is 5.91 Å². The van der Waals surface area contributed by atoms with Gasteiger partial charge in [0.15, 0.2) is 0 Å². The lowest BCUT2D eigenvalue weighted by atomic mass is 9.66. The van der Waals surface area contributed by atoms with Crippen molar-refractivity contribution in [3.8, 4) is 11.3 Å². The topological polar surface area (TPSA) is 106 Å². The summed E-state index contributed by atoms with van der Waals surface area (Å²) in [7, 11) is 0. The quantitative estimate of drug-likeness (QED) is 0.499. The summed E-state index contributed by atoms with van der Waals surface area (Å²) in [6, 6.07) is 11.6.